The summed E-state index contributed by atoms with van der Waals surface area (Å²) >= 11 is 3.81. The van der Waals surface area contributed by atoms with Crippen LogP contribution in [-0.2, 0) is 4.32 Å². The summed E-state index contributed by atoms with van der Waals surface area (Å²) in [6, 6.07) is 18.3. The summed E-state index contributed by atoms with van der Waals surface area (Å²) in [5.74, 6) is 0.965. The number of nitrogens with zero attached hydrogens (tertiary/aromatic N) is 1. The molecule has 0 aliphatic heterocycles. The highest BCUT2D eigenvalue weighted by atomic mass is 79.9. The van der Waals surface area contributed by atoms with Gasteiger partial charge in [0.1, 0.15) is 9.84 Å². The molecule has 0 fully saturated rings. The summed E-state index contributed by atoms with van der Waals surface area (Å²) in [7, 11) is 0. The zero-order chi connectivity index (χ0) is 14.2. The molecule has 0 radical (unpaired) electrons. The van der Waals surface area contributed by atoms with Crippen molar-refractivity contribution in [1.29, 1.82) is 0 Å². The zero-order valence-electron chi connectivity index (χ0n) is 11.5. The van der Waals surface area contributed by atoms with Gasteiger partial charge in [-0.25, -0.2) is 4.98 Å². The number of hydrogen-bond donors (Lipinski definition) is 0. The van der Waals surface area contributed by atoms with Gasteiger partial charge in [0.05, 0.1) is 0 Å². The second-order valence-corrected chi connectivity index (χ2v) is 6.84. The minimum Gasteiger partial charge on any atom is -0.439 e. The zero-order valence-corrected chi connectivity index (χ0v) is 13.1. The van der Waals surface area contributed by atoms with E-state index < -0.39 is 0 Å². The predicted molar refractivity (Wildman–Crippen MR) is 85.1 cm³/mol. The molecule has 3 rings (SSSR count). The average molecular weight is 330 g/mol. The Morgan fingerprint density at radius 1 is 1.05 bits per heavy atom. The maximum Gasteiger partial charge on any atom is 0.212 e. The Kier molecular flexibility index (Phi) is 3.38. The first-order valence-electron chi connectivity index (χ1n) is 6.69. The topological polar surface area (TPSA) is 26.0 Å². The molecular weight excluding hydrogens is 314 g/mol. The first-order chi connectivity index (χ1) is 9.59. The lowest BCUT2D eigenvalue weighted by Gasteiger charge is -2.26. The summed E-state index contributed by atoms with van der Waals surface area (Å²) in [6.07, 6.45) is 0. The smallest absolute Gasteiger partial charge is 0.212 e. The van der Waals surface area contributed by atoms with E-state index in [0.717, 1.165) is 17.0 Å². The van der Waals surface area contributed by atoms with Gasteiger partial charge in [0.15, 0.2) is 5.58 Å². The summed E-state index contributed by atoms with van der Waals surface area (Å²) in [4.78, 5) is 4.62. The molecule has 2 aromatic carbocycles. The first kappa shape index (κ1) is 13.4. The van der Waals surface area contributed by atoms with Crippen LogP contribution in [-0.4, -0.2) is 4.98 Å². The quantitative estimate of drug-likeness (QED) is 0.614. The molecule has 0 aliphatic rings. The molecular formula is C17H16BrNO. The van der Waals surface area contributed by atoms with E-state index in [0.29, 0.717) is 0 Å². The fourth-order valence-corrected chi connectivity index (χ4v) is 2.76. The molecule has 1 heterocycles. The van der Waals surface area contributed by atoms with Crippen LogP contribution in [0, 0.1) is 0 Å². The predicted octanol–water partition coefficient (Wildman–Crippen LogP) is 5.24. The molecule has 20 heavy (non-hydrogen) atoms. The maximum atomic E-state index is 5.92. The number of para-hydroxylation sites is 2. The van der Waals surface area contributed by atoms with Crippen molar-refractivity contribution in [3.8, 4) is 0 Å². The molecule has 3 heteroatoms. The number of alkyl halides is 1. The highest BCUT2D eigenvalue weighted by Crippen LogP contribution is 2.44. The maximum absolute atomic E-state index is 5.92. The number of rotatable bonds is 3. The average Bonchev–Trinajstić information content (AvgIpc) is 2.92. The second kappa shape index (κ2) is 5.06. The standard InChI is InChI=1S/C17H16BrNO/c1-12(13-8-4-3-5-9-13)17(2,18)16-19-14-10-6-7-11-15(14)20-16/h3-12H,1-2H3. The van der Waals surface area contributed by atoms with Gasteiger partial charge < -0.3 is 4.42 Å². The number of oxazole rings is 1. The first-order valence-corrected chi connectivity index (χ1v) is 7.48. The molecule has 1 aromatic heterocycles. The molecule has 0 amide bonds. The van der Waals surface area contributed by atoms with Crippen molar-refractivity contribution in [2.45, 2.75) is 24.1 Å². The van der Waals surface area contributed by atoms with E-state index in [1.807, 2.05) is 30.3 Å². The van der Waals surface area contributed by atoms with Crippen molar-refractivity contribution in [2.75, 3.05) is 0 Å². The SMILES string of the molecule is CC(c1ccccc1)C(C)(Br)c1nc2ccccc2o1. The van der Waals surface area contributed by atoms with E-state index >= 15 is 0 Å². The molecule has 2 atom stereocenters. The Morgan fingerprint density at radius 2 is 1.70 bits per heavy atom. The van der Waals surface area contributed by atoms with Crippen molar-refractivity contribution in [1.82, 2.24) is 4.98 Å². The molecule has 0 aliphatic carbocycles. The van der Waals surface area contributed by atoms with E-state index in [4.69, 9.17) is 4.42 Å². The summed E-state index contributed by atoms with van der Waals surface area (Å²) in [5, 5.41) is 0. The van der Waals surface area contributed by atoms with E-state index in [1.54, 1.807) is 0 Å². The summed E-state index contributed by atoms with van der Waals surface area (Å²) in [6.45, 7) is 4.29. The fraction of sp³-hybridized carbons (Fsp3) is 0.235. The van der Waals surface area contributed by atoms with Gasteiger partial charge in [-0.3, -0.25) is 0 Å². The third-order valence-electron chi connectivity index (χ3n) is 3.82. The van der Waals surface area contributed by atoms with Gasteiger partial charge in [0.25, 0.3) is 0 Å². The highest BCUT2D eigenvalue weighted by molar-refractivity contribution is 9.09. The van der Waals surface area contributed by atoms with Crippen LogP contribution >= 0.6 is 15.9 Å². The van der Waals surface area contributed by atoms with Crippen LogP contribution in [0.25, 0.3) is 11.1 Å². The molecule has 0 spiro atoms. The van der Waals surface area contributed by atoms with Crippen LogP contribution in [0.4, 0.5) is 0 Å². The minimum atomic E-state index is -0.340. The van der Waals surface area contributed by atoms with Crippen molar-refractivity contribution in [3.05, 3.63) is 66.1 Å². The Balaban J connectivity index is 2.02. The van der Waals surface area contributed by atoms with Crippen molar-refractivity contribution >= 4 is 27.0 Å². The molecule has 2 nitrogen and oxygen atoms in total. The monoisotopic (exact) mass is 329 g/mol. The molecule has 0 bridgehead atoms. The number of benzene rings is 2. The van der Waals surface area contributed by atoms with Crippen LogP contribution in [0.15, 0.2) is 59.0 Å². The third-order valence-corrected chi connectivity index (χ3v) is 4.85. The molecule has 3 aromatic rings. The fourth-order valence-electron chi connectivity index (χ4n) is 2.32. The largest absolute Gasteiger partial charge is 0.439 e. The molecule has 102 valence electrons. The minimum absolute atomic E-state index is 0.247. The van der Waals surface area contributed by atoms with Crippen molar-refractivity contribution < 1.29 is 4.42 Å². The van der Waals surface area contributed by atoms with Crippen LogP contribution in [0.2, 0.25) is 0 Å². The highest BCUT2D eigenvalue weighted by Gasteiger charge is 2.36. The van der Waals surface area contributed by atoms with Crippen LogP contribution < -0.4 is 0 Å². The van der Waals surface area contributed by atoms with Gasteiger partial charge in [0.2, 0.25) is 5.89 Å². The summed E-state index contributed by atoms with van der Waals surface area (Å²) < 4.78 is 5.58. The number of aromatic nitrogens is 1. The van der Waals surface area contributed by atoms with Gasteiger partial charge in [-0.15, -0.1) is 0 Å². The number of halogens is 1. The van der Waals surface area contributed by atoms with Gasteiger partial charge in [-0.2, -0.15) is 0 Å². The van der Waals surface area contributed by atoms with Crippen molar-refractivity contribution in [2.24, 2.45) is 0 Å². The van der Waals surface area contributed by atoms with Crippen LogP contribution in [0.1, 0.15) is 31.2 Å². The Labute approximate surface area is 127 Å². The van der Waals surface area contributed by atoms with Crippen LogP contribution in [0.5, 0.6) is 0 Å². The molecule has 0 saturated heterocycles. The van der Waals surface area contributed by atoms with E-state index in [9.17, 15) is 0 Å². The lowest BCUT2D eigenvalue weighted by atomic mass is 9.88. The molecule has 2 unspecified atom stereocenters. The van der Waals surface area contributed by atoms with E-state index in [2.05, 4.69) is 59.0 Å². The van der Waals surface area contributed by atoms with Crippen molar-refractivity contribution in [3.63, 3.8) is 0 Å². The van der Waals surface area contributed by atoms with E-state index in [-0.39, 0.29) is 10.2 Å². The van der Waals surface area contributed by atoms with Gasteiger partial charge in [-0.05, 0) is 24.6 Å². The molecule has 0 saturated carbocycles. The van der Waals surface area contributed by atoms with Gasteiger partial charge >= 0.3 is 0 Å². The van der Waals surface area contributed by atoms with E-state index in [1.165, 1.54) is 5.56 Å². The third kappa shape index (κ3) is 2.27. The lowest BCUT2D eigenvalue weighted by Crippen LogP contribution is -2.21. The number of fused-ring (bicyclic) bond motifs is 1. The Bertz CT molecular complexity index is 685. The molecule has 0 N–H and O–H groups in total. The lowest BCUT2D eigenvalue weighted by molar-refractivity contribution is 0.427. The Hall–Kier alpha value is -1.61. The summed E-state index contributed by atoms with van der Waals surface area (Å²) in [5.41, 5.74) is 2.98. The normalized spacial score (nSPS) is 15.9. The van der Waals surface area contributed by atoms with Gasteiger partial charge in [-0.1, -0.05) is 65.3 Å². The Morgan fingerprint density at radius 3 is 2.40 bits per heavy atom. The van der Waals surface area contributed by atoms with Crippen LogP contribution in [0.3, 0.4) is 0 Å². The van der Waals surface area contributed by atoms with Gasteiger partial charge in [0, 0.05) is 5.92 Å². The number of hydrogen-bond acceptors (Lipinski definition) is 2. The second-order valence-electron chi connectivity index (χ2n) is 5.19.